The largest absolute Gasteiger partial charge is 0.396 e. The molecule has 6 aliphatic rings. The van der Waals surface area contributed by atoms with E-state index in [0.29, 0.717) is 17.8 Å². The first-order chi connectivity index (χ1) is 11.2. The fraction of sp³-hybridized carbons (Fsp3) is 0.950. The minimum Gasteiger partial charge on any atom is -0.396 e. The standard InChI is InChI=1S/C20H30O4/c1-17-4-11(23)5-20(9-21,10-22)16(17)14(24)7-19-6-13-12(3-15(17)19)18(13,2)8-19/h12-16,21-22,24H,3-10H2,1-2H3/t12-,13-,14-,15-,16+,17+,18-,19+/m1/s1. The molecule has 4 nitrogen and oxygen atoms in total. The quantitative estimate of drug-likeness (QED) is 0.719. The Labute approximate surface area is 143 Å². The molecule has 0 unspecified atom stereocenters. The minimum absolute atomic E-state index is 0.154. The van der Waals surface area contributed by atoms with Crippen LogP contribution in [0.2, 0.25) is 0 Å². The maximum Gasteiger partial charge on any atom is 0.134 e. The summed E-state index contributed by atoms with van der Waals surface area (Å²) in [5.74, 6) is 2.07. The highest BCUT2D eigenvalue weighted by atomic mass is 16.3. The lowest BCUT2D eigenvalue weighted by atomic mass is 9.38. The Kier molecular flexibility index (Phi) is 2.80. The fourth-order valence-corrected chi connectivity index (χ4v) is 9.02. The Morgan fingerprint density at radius 3 is 2.33 bits per heavy atom. The van der Waals surface area contributed by atoms with Crippen molar-refractivity contribution in [3.63, 3.8) is 0 Å². The number of aliphatic hydroxyl groups is 3. The van der Waals surface area contributed by atoms with Gasteiger partial charge in [-0.2, -0.15) is 0 Å². The molecule has 0 radical (unpaired) electrons. The Morgan fingerprint density at radius 2 is 1.75 bits per heavy atom. The van der Waals surface area contributed by atoms with Crippen molar-refractivity contribution < 1.29 is 20.1 Å². The highest BCUT2D eigenvalue weighted by Crippen LogP contribution is 2.85. The van der Waals surface area contributed by atoms with Crippen LogP contribution in [0.25, 0.3) is 0 Å². The van der Waals surface area contributed by atoms with E-state index in [2.05, 4.69) is 13.8 Å². The zero-order valence-corrected chi connectivity index (χ0v) is 14.8. The Morgan fingerprint density at radius 1 is 1.04 bits per heavy atom. The van der Waals surface area contributed by atoms with E-state index in [4.69, 9.17) is 0 Å². The first kappa shape index (κ1) is 15.8. The molecule has 4 heteroatoms. The van der Waals surface area contributed by atoms with Crippen LogP contribution in [0.5, 0.6) is 0 Å². The van der Waals surface area contributed by atoms with Gasteiger partial charge in [-0.05, 0) is 59.7 Å². The number of hydrogen-bond acceptors (Lipinski definition) is 4. The van der Waals surface area contributed by atoms with E-state index < -0.39 is 11.5 Å². The molecular weight excluding hydrogens is 304 g/mol. The van der Waals surface area contributed by atoms with Crippen molar-refractivity contribution in [1.82, 2.24) is 0 Å². The third-order valence-corrected chi connectivity index (χ3v) is 9.58. The summed E-state index contributed by atoms with van der Waals surface area (Å²) in [6, 6.07) is 0. The Bertz CT molecular complexity index is 613. The third kappa shape index (κ3) is 1.51. The lowest BCUT2D eigenvalue weighted by Crippen LogP contribution is -2.66. The number of Topliss-reactive ketones (excluding diaryl/α,β-unsaturated/α-hetero) is 1. The summed E-state index contributed by atoms with van der Waals surface area (Å²) < 4.78 is 0. The first-order valence-electron chi connectivity index (χ1n) is 9.66. The molecule has 0 aliphatic heterocycles. The maximum absolute atomic E-state index is 12.6. The maximum atomic E-state index is 12.6. The van der Waals surface area contributed by atoms with E-state index in [0.717, 1.165) is 18.3 Å². The zero-order chi connectivity index (χ0) is 17.1. The summed E-state index contributed by atoms with van der Waals surface area (Å²) in [4.78, 5) is 12.6. The smallest absolute Gasteiger partial charge is 0.134 e. The van der Waals surface area contributed by atoms with Gasteiger partial charge in [0.15, 0.2) is 0 Å². The number of carbonyl (C=O) groups excluding carboxylic acids is 1. The Hall–Kier alpha value is -0.450. The van der Waals surface area contributed by atoms with Crippen LogP contribution in [0, 0.1) is 45.3 Å². The number of carbonyl (C=O) groups is 1. The summed E-state index contributed by atoms with van der Waals surface area (Å²) in [6.45, 7) is 4.18. The molecule has 0 saturated heterocycles. The molecule has 6 aliphatic carbocycles. The van der Waals surface area contributed by atoms with Gasteiger partial charge < -0.3 is 15.3 Å². The molecular formula is C20H30O4. The van der Waals surface area contributed by atoms with Crippen LogP contribution in [0.4, 0.5) is 0 Å². The molecule has 0 amide bonds. The molecule has 134 valence electrons. The van der Waals surface area contributed by atoms with Crippen molar-refractivity contribution in [3.05, 3.63) is 0 Å². The van der Waals surface area contributed by atoms with Crippen molar-refractivity contribution in [2.45, 2.75) is 58.5 Å². The monoisotopic (exact) mass is 334 g/mol. The van der Waals surface area contributed by atoms with Crippen LogP contribution in [0.1, 0.15) is 52.4 Å². The van der Waals surface area contributed by atoms with Crippen molar-refractivity contribution in [2.75, 3.05) is 13.2 Å². The topological polar surface area (TPSA) is 77.8 Å². The first-order valence-corrected chi connectivity index (χ1v) is 9.66. The molecule has 0 aromatic heterocycles. The van der Waals surface area contributed by atoms with Gasteiger partial charge in [0.1, 0.15) is 5.78 Å². The summed E-state index contributed by atoms with van der Waals surface area (Å²) in [6.07, 6.45) is 4.61. The molecule has 6 saturated carbocycles. The molecule has 0 aromatic rings. The number of hydrogen-bond donors (Lipinski definition) is 3. The number of fused-ring (bicyclic) bond motifs is 1. The van der Waals surface area contributed by atoms with E-state index in [1.165, 1.54) is 19.3 Å². The van der Waals surface area contributed by atoms with Gasteiger partial charge in [0.25, 0.3) is 0 Å². The predicted molar refractivity (Wildman–Crippen MR) is 87.9 cm³/mol. The molecule has 0 aromatic carbocycles. The summed E-state index contributed by atoms with van der Waals surface area (Å²) >= 11 is 0. The van der Waals surface area contributed by atoms with Crippen LogP contribution >= 0.6 is 0 Å². The van der Waals surface area contributed by atoms with Crippen LogP contribution in [0.3, 0.4) is 0 Å². The predicted octanol–water partition coefficient (Wildman–Crippen LogP) is 1.76. The van der Waals surface area contributed by atoms with E-state index in [1.54, 1.807) is 0 Å². The SMILES string of the molecule is C[C@@]12C[C@]34C[C@@H](O)[C@@H]5C(CO)(CO)CC(=O)C[C@@]5(C)[C@H]3C[C@@H]1[C@H]2C4. The highest BCUT2D eigenvalue weighted by molar-refractivity contribution is 5.81. The van der Waals surface area contributed by atoms with E-state index in [-0.39, 0.29) is 42.2 Å². The van der Waals surface area contributed by atoms with Gasteiger partial charge in [-0.1, -0.05) is 13.8 Å². The second-order valence-electron chi connectivity index (χ2n) is 10.6. The van der Waals surface area contributed by atoms with Crippen LogP contribution in [-0.2, 0) is 4.79 Å². The number of ketones is 1. The Balaban J connectivity index is 1.61. The molecule has 4 bridgehead atoms. The normalized spacial score (nSPS) is 59.7. The molecule has 3 N–H and O–H groups in total. The lowest BCUT2D eigenvalue weighted by Gasteiger charge is -2.66. The van der Waals surface area contributed by atoms with E-state index in [9.17, 15) is 20.1 Å². The van der Waals surface area contributed by atoms with Gasteiger partial charge in [-0.15, -0.1) is 0 Å². The van der Waals surface area contributed by atoms with E-state index in [1.807, 2.05) is 0 Å². The fourth-order valence-electron chi connectivity index (χ4n) is 9.02. The number of aliphatic hydroxyl groups excluding tert-OH is 3. The second-order valence-corrected chi connectivity index (χ2v) is 10.6. The van der Waals surface area contributed by atoms with Gasteiger partial charge in [0, 0.05) is 24.2 Å². The average molecular weight is 334 g/mol. The summed E-state index contributed by atoms with van der Waals surface area (Å²) in [5.41, 5.74) is -0.456. The number of rotatable bonds is 2. The van der Waals surface area contributed by atoms with Gasteiger partial charge in [0.2, 0.25) is 0 Å². The molecule has 6 rings (SSSR count). The molecule has 1 spiro atoms. The van der Waals surface area contributed by atoms with Crippen LogP contribution < -0.4 is 0 Å². The van der Waals surface area contributed by atoms with Crippen LogP contribution in [0.15, 0.2) is 0 Å². The average Bonchev–Trinajstić information content (AvgIpc) is 2.96. The van der Waals surface area contributed by atoms with Crippen molar-refractivity contribution in [3.8, 4) is 0 Å². The molecule has 6 fully saturated rings. The van der Waals surface area contributed by atoms with Gasteiger partial charge >= 0.3 is 0 Å². The molecule has 8 atom stereocenters. The summed E-state index contributed by atoms with van der Waals surface area (Å²) in [5, 5.41) is 31.3. The molecule has 24 heavy (non-hydrogen) atoms. The molecule has 0 heterocycles. The minimum atomic E-state index is -0.849. The van der Waals surface area contributed by atoms with Gasteiger partial charge in [0.05, 0.1) is 19.3 Å². The third-order valence-electron chi connectivity index (χ3n) is 9.58. The van der Waals surface area contributed by atoms with Crippen molar-refractivity contribution >= 4 is 5.78 Å². The highest BCUT2D eigenvalue weighted by Gasteiger charge is 2.79. The van der Waals surface area contributed by atoms with Crippen molar-refractivity contribution in [2.24, 2.45) is 45.3 Å². The van der Waals surface area contributed by atoms with Gasteiger partial charge in [-0.3, -0.25) is 4.79 Å². The van der Waals surface area contributed by atoms with Crippen LogP contribution in [-0.4, -0.2) is 40.4 Å². The second kappa shape index (κ2) is 4.27. The summed E-state index contributed by atoms with van der Waals surface area (Å²) in [7, 11) is 0. The van der Waals surface area contributed by atoms with Gasteiger partial charge in [-0.25, -0.2) is 0 Å². The van der Waals surface area contributed by atoms with Crippen molar-refractivity contribution in [1.29, 1.82) is 0 Å². The lowest BCUT2D eigenvalue weighted by molar-refractivity contribution is -0.225. The van der Waals surface area contributed by atoms with E-state index >= 15 is 0 Å². The zero-order valence-electron chi connectivity index (χ0n) is 14.8.